The van der Waals surface area contributed by atoms with Crippen LogP contribution in [0.5, 0.6) is 11.5 Å². The second-order valence-corrected chi connectivity index (χ2v) is 17.6. The van der Waals surface area contributed by atoms with Gasteiger partial charge >= 0.3 is 0 Å². The number of para-hydroxylation sites is 7. The highest BCUT2D eigenvalue weighted by Gasteiger charge is 2.42. The number of hydrogen-bond donors (Lipinski definition) is 0. The first-order valence-electron chi connectivity index (χ1n) is 22.7. The van der Waals surface area contributed by atoms with E-state index in [4.69, 9.17) is 4.74 Å². The van der Waals surface area contributed by atoms with Crippen molar-refractivity contribution in [1.82, 2.24) is 13.7 Å². The first-order valence-corrected chi connectivity index (χ1v) is 22.7. The van der Waals surface area contributed by atoms with Crippen molar-refractivity contribution < 1.29 is 4.74 Å². The van der Waals surface area contributed by atoms with E-state index in [1.807, 2.05) is 0 Å². The van der Waals surface area contributed by atoms with Gasteiger partial charge in [0.1, 0.15) is 11.5 Å². The molecule has 0 radical (unpaired) electrons. The molecule has 0 spiro atoms. The molecule has 0 unspecified atom stereocenters. The van der Waals surface area contributed by atoms with Gasteiger partial charge in [0.25, 0.3) is 6.71 Å². The van der Waals surface area contributed by atoms with Gasteiger partial charge in [-0.1, -0.05) is 140 Å². The zero-order valence-electron chi connectivity index (χ0n) is 35.6. The van der Waals surface area contributed by atoms with E-state index in [9.17, 15) is 0 Å². The molecule has 2 aliphatic rings. The van der Waals surface area contributed by atoms with Crippen molar-refractivity contribution in [2.24, 2.45) is 0 Å². The lowest BCUT2D eigenvalue weighted by atomic mass is 9.34. The van der Waals surface area contributed by atoms with Crippen molar-refractivity contribution >= 4 is 106 Å². The zero-order chi connectivity index (χ0) is 43.0. The average Bonchev–Trinajstić information content (AvgIpc) is 4.03. The van der Waals surface area contributed by atoms with Crippen LogP contribution in [0.3, 0.4) is 0 Å². The minimum absolute atomic E-state index is 0.0000662. The number of nitrogens with zero attached hydrogens (tertiary/aromatic N) is 4. The summed E-state index contributed by atoms with van der Waals surface area (Å²) < 4.78 is 14.7. The average molecular weight is 841 g/mol. The fourth-order valence-electron chi connectivity index (χ4n) is 11.7. The summed E-state index contributed by atoms with van der Waals surface area (Å²) in [5.74, 6) is 1.76. The smallest absolute Gasteiger partial charge is 0.256 e. The fourth-order valence-corrected chi connectivity index (χ4v) is 11.7. The van der Waals surface area contributed by atoms with Gasteiger partial charge in [-0.2, -0.15) is 0 Å². The first-order chi connectivity index (χ1) is 32.8. The van der Waals surface area contributed by atoms with E-state index < -0.39 is 0 Å². The number of benzene rings is 10. The molecule has 6 heteroatoms. The lowest BCUT2D eigenvalue weighted by Gasteiger charge is -2.40. The molecule has 0 fully saturated rings. The maximum atomic E-state index is 7.14. The van der Waals surface area contributed by atoms with Crippen LogP contribution in [0.1, 0.15) is 0 Å². The van der Waals surface area contributed by atoms with E-state index in [1.54, 1.807) is 0 Å². The molecule has 0 amide bonds. The second kappa shape index (κ2) is 13.4. The van der Waals surface area contributed by atoms with Crippen molar-refractivity contribution in [1.29, 1.82) is 0 Å². The van der Waals surface area contributed by atoms with E-state index in [0.717, 1.165) is 50.9 Å². The Balaban J connectivity index is 1.08. The Labute approximate surface area is 380 Å². The largest absolute Gasteiger partial charge is 0.458 e. The van der Waals surface area contributed by atoms with Gasteiger partial charge in [-0.05, 0) is 95.3 Å². The summed E-state index contributed by atoms with van der Waals surface area (Å²) in [6, 6.07) is 81.6. The summed E-state index contributed by atoms with van der Waals surface area (Å²) in [5, 5.41) is 7.31. The van der Waals surface area contributed by atoms with Crippen LogP contribution in [0.4, 0.5) is 17.1 Å². The van der Waals surface area contributed by atoms with Crippen LogP contribution >= 0.6 is 0 Å². The Morgan fingerprint density at radius 1 is 0.318 bits per heavy atom. The molecule has 13 aromatic rings. The van der Waals surface area contributed by atoms with Gasteiger partial charge in [-0.15, -0.1) is 0 Å². The van der Waals surface area contributed by atoms with Crippen molar-refractivity contribution in [2.45, 2.75) is 0 Å². The highest BCUT2D eigenvalue weighted by atomic mass is 16.5. The molecular weight excluding hydrogens is 803 g/mol. The highest BCUT2D eigenvalue weighted by molar-refractivity contribution is 6.99. The van der Waals surface area contributed by atoms with Gasteiger partial charge < -0.3 is 23.3 Å². The lowest BCUT2D eigenvalue weighted by Crippen LogP contribution is -2.59. The molecule has 0 saturated carbocycles. The summed E-state index contributed by atoms with van der Waals surface area (Å²) in [5.41, 5.74) is 17.4. The molecule has 2 aliphatic heterocycles. The molecule has 5 heterocycles. The molecule has 3 aromatic heterocycles. The van der Waals surface area contributed by atoms with E-state index in [-0.39, 0.29) is 6.71 Å². The monoisotopic (exact) mass is 840 g/mol. The molecule has 0 aliphatic carbocycles. The van der Waals surface area contributed by atoms with Crippen molar-refractivity contribution in [3.8, 4) is 28.6 Å². The quantitative estimate of drug-likeness (QED) is 0.165. The summed E-state index contributed by atoms with van der Waals surface area (Å²) in [4.78, 5) is 2.39. The van der Waals surface area contributed by atoms with E-state index in [0.29, 0.717) is 0 Å². The number of aromatic nitrogens is 3. The molecule has 0 saturated heterocycles. The van der Waals surface area contributed by atoms with Crippen LogP contribution in [0.2, 0.25) is 0 Å². The second-order valence-electron chi connectivity index (χ2n) is 17.6. The normalized spacial score (nSPS) is 12.9. The number of anilines is 3. The molecule has 306 valence electrons. The van der Waals surface area contributed by atoms with Gasteiger partial charge in [0, 0.05) is 72.5 Å². The number of rotatable bonds is 4. The number of fused-ring (bicyclic) bond motifs is 16. The number of ether oxygens (including phenoxy) is 1. The third-order valence-corrected chi connectivity index (χ3v) is 14.2. The predicted octanol–water partition coefficient (Wildman–Crippen LogP) is 13.4. The van der Waals surface area contributed by atoms with Crippen LogP contribution in [0.15, 0.2) is 224 Å². The molecular formula is C60H37BN4O. The summed E-state index contributed by atoms with van der Waals surface area (Å²) in [6.45, 7) is 0.0000662. The Morgan fingerprint density at radius 2 is 0.773 bits per heavy atom. The van der Waals surface area contributed by atoms with Crippen LogP contribution < -0.4 is 26.0 Å². The molecule has 66 heavy (non-hydrogen) atoms. The van der Waals surface area contributed by atoms with Gasteiger partial charge in [-0.3, -0.25) is 0 Å². The fraction of sp³-hybridized carbons (Fsp3) is 0. The minimum atomic E-state index is 0.0000662. The van der Waals surface area contributed by atoms with Crippen LogP contribution in [-0.2, 0) is 0 Å². The van der Waals surface area contributed by atoms with E-state index in [2.05, 4.69) is 243 Å². The topological polar surface area (TPSA) is 27.3 Å². The Morgan fingerprint density at radius 3 is 1.33 bits per heavy atom. The summed E-state index contributed by atoms with van der Waals surface area (Å²) in [6.07, 6.45) is 0. The Kier molecular flexibility index (Phi) is 7.24. The molecule has 15 rings (SSSR count). The van der Waals surface area contributed by atoms with Crippen LogP contribution in [0.25, 0.3) is 82.5 Å². The molecule has 10 aromatic carbocycles. The molecule has 0 bridgehead atoms. The van der Waals surface area contributed by atoms with Gasteiger partial charge in [0.2, 0.25) is 0 Å². The van der Waals surface area contributed by atoms with Gasteiger partial charge in [0.05, 0.1) is 33.1 Å². The van der Waals surface area contributed by atoms with E-state index in [1.165, 1.54) is 76.5 Å². The summed E-state index contributed by atoms with van der Waals surface area (Å²) >= 11 is 0. The molecule has 0 N–H and O–H groups in total. The van der Waals surface area contributed by atoms with Crippen LogP contribution in [-0.4, -0.2) is 20.4 Å². The molecule has 5 nitrogen and oxygen atoms in total. The number of hydrogen-bond acceptors (Lipinski definition) is 2. The Hall–Kier alpha value is -8.74. The maximum Gasteiger partial charge on any atom is 0.256 e. The predicted molar refractivity (Wildman–Crippen MR) is 275 cm³/mol. The Bertz CT molecular complexity index is 4080. The van der Waals surface area contributed by atoms with Gasteiger partial charge in [0.15, 0.2) is 0 Å². The third kappa shape index (κ3) is 4.69. The van der Waals surface area contributed by atoms with Crippen molar-refractivity contribution in [3.63, 3.8) is 0 Å². The highest BCUT2D eigenvalue weighted by Crippen LogP contribution is 2.50. The third-order valence-electron chi connectivity index (χ3n) is 14.2. The maximum absolute atomic E-state index is 7.14. The van der Waals surface area contributed by atoms with Gasteiger partial charge in [-0.25, -0.2) is 0 Å². The first kappa shape index (κ1) is 35.7. The minimum Gasteiger partial charge on any atom is -0.458 e. The lowest BCUT2D eigenvalue weighted by molar-refractivity contribution is 0.487. The summed E-state index contributed by atoms with van der Waals surface area (Å²) in [7, 11) is 0. The van der Waals surface area contributed by atoms with Crippen LogP contribution in [0, 0.1) is 0 Å². The zero-order valence-corrected chi connectivity index (χ0v) is 35.6. The standard InChI is InChI=1S/C60H37BN4O/c1-4-19-38(20-5-1)62-50-32-17-13-28-45(50)61-46-36-35-41(37-53(46)66-52-34-18-33-51(62)57(52)61)65-49-31-16-12-27-44(49)56-59-54(42-25-10-14-29-47(42)63(59)39-21-6-2-7-22-39)58-55(60(56)65)43-26-11-15-30-48(43)64(58)40-23-8-3-9-24-40/h1-37H. The van der Waals surface area contributed by atoms with Crippen molar-refractivity contribution in [3.05, 3.63) is 224 Å². The van der Waals surface area contributed by atoms with Crippen molar-refractivity contribution in [2.75, 3.05) is 4.90 Å². The van der Waals surface area contributed by atoms with E-state index >= 15 is 0 Å². The molecule has 0 atom stereocenters. The SMILES string of the molecule is c1ccc(N2c3ccccc3B3c4ccc(-n5c6ccccc6c6c7c(c8ccccc8n7-c7ccccc7)c7c(c8ccccc8n7-c7ccccc7)c65)cc4Oc4cccc2c43)cc1.